The predicted octanol–water partition coefficient (Wildman–Crippen LogP) is 5.08. The molecule has 162 valence electrons. The number of hydrogen-bond donors (Lipinski definition) is 0. The van der Waals surface area contributed by atoms with E-state index in [0.29, 0.717) is 32.5 Å². The second-order valence-electron chi connectivity index (χ2n) is 6.61. The Morgan fingerprint density at radius 3 is 2.41 bits per heavy atom. The van der Waals surface area contributed by atoms with Crippen molar-refractivity contribution in [3.63, 3.8) is 0 Å². The third-order valence-corrected chi connectivity index (χ3v) is 6.24. The van der Waals surface area contributed by atoms with Crippen molar-refractivity contribution in [2.75, 3.05) is 20.0 Å². The number of nitrogens with zero attached hydrogens (tertiary/aromatic N) is 4. The van der Waals surface area contributed by atoms with Crippen molar-refractivity contribution in [1.29, 1.82) is 0 Å². The Morgan fingerprint density at radius 2 is 1.72 bits per heavy atom. The number of Topliss-reactive ketones (excluding diaryl/α,β-unsaturated/α-hetero) is 1. The first-order valence-electron chi connectivity index (χ1n) is 9.61. The molecule has 0 aliphatic heterocycles. The van der Waals surface area contributed by atoms with Crippen LogP contribution in [-0.4, -0.2) is 45.5 Å². The summed E-state index contributed by atoms with van der Waals surface area (Å²) < 4.78 is 13.3. The summed E-state index contributed by atoms with van der Waals surface area (Å²) in [6.45, 7) is 0. The lowest BCUT2D eigenvalue weighted by Crippen LogP contribution is -2.07. The number of methoxy groups -OCH3 is 2. The summed E-state index contributed by atoms with van der Waals surface area (Å²) in [6.07, 6.45) is 3.42. The van der Waals surface area contributed by atoms with Gasteiger partial charge < -0.3 is 9.47 Å². The second-order valence-corrected chi connectivity index (χ2v) is 8.41. The van der Waals surface area contributed by atoms with E-state index in [1.54, 1.807) is 31.6 Å². The number of rotatable bonds is 8. The molecule has 9 heteroatoms. The van der Waals surface area contributed by atoms with Crippen LogP contribution in [0.5, 0.6) is 11.5 Å². The van der Waals surface area contributed by atoms with Crippen LogP contribution in [-0.2, 0) is 0 Å². The summed E-state index contributed by atoms with van der Waals surface area (Å²) in [5.74, 6) is 1.80. The Hall–Kier alpha value is -3.17. The van der Waals surface area contributed by atoms with E-state index >= 15 is 0 Å². The standard InChI is InChI=1S/C23H19BrN4O3S/c1-30-20-13-21(31-2)18(24)12-17(20)19(29)14-32-23-27-26-22(15-8-10-25-11-9-15)28(23)16-6-4-3-5-7-16/h3-13H,14H2,1-2H3. The van der Waals surface area contributed by atoms with Gasteiger partial charge in [-0.3, -0.25) is 14.3 Å². The molecule has 0 saturated heterocycles. The second kappa shape index (κ2) is 9.97. The molecule has 0 bridgehead atoms. The Morgan fingerprint density at radius 1 is 1.00 bits per heavy atom. The molecule has 2 heterocycles. The van der Waals surface area contributed by atoms with Crippen molar-refractivity contribution in [3.8, 4) is 28.6 Å². The van der Waals surface area contributed by atoms with Gasteiger partial charge in [-0.1, -0.05) is 30.0 Å². The lowest BCUT2D eigenvalue weighted by molar-refractivity contribution is 0.101. The summed E-state index contributed by atoms with van der Waals surface area (Å²) in [7, 11) is 3.09. The van der Waals surface area contributed by atoms with Crippen LogP contribution in [0.4, 0.5) is 0 Å². The van der Waals surface area contributed by atoms with Crippen molar-refractivity contribution in [2.24, 2.45) is 0 Å². The van der Waals surface area contributed by atoms with Crippen molar-refractivity contribution in [2.45, 2.75) is 5.16 Å². The van der Waals surface area contributed by atoms with Gasteiger partial charge in [-0.15, -0.1) is 10.2 Å². The molecule has 0 N–H and O–H groups in total. The zero-order valence-electron chi connectivity index (χ0n) is 17.4. The summed E-state index contributed by atoms with van der Waals surface area (Å²) in [4.78, 5) is 17.1. The van der Waals surface area contributed by atoms with Crippen LogP contribution >= 0.6 is 27.7 Å². The van der Waals surface area contributed by atoms with Gasteiger partial charge in [0.05, 0.1) is 30.0 Å². The van der Waals surface area contributed by atoms with Crippen molar-refractivity contribution < 1.29 is 14.3 Å². The van der Waals surface area contributed by atoms with E-state index in [1.165, 1.54) is 18.9 Å². The zero-order chi connectivity index (χ0) is 22.5. The molecule has 0 atom stereocenters. The average Bonchev–Trinajstić information content (AvgIpc) is 3.27. The minimum Gasteiger partial charge on any atom is -0.496 e. The monoisotopic (exact) mass is 510 g/mol. The number of benzene rings is 2. The summed E-state index contributed by atoms with van der Waals surface area (Å²) in [5.41, 5.74) is 2.26. The molecule has 0 aliphatic rings. The van der Waals surface area contributed by atoms with Crippen LogP contribution in [0.15, 0.2) is 76.6 Å². The van der Waals surface area contributed by atoms with Gasteiger partial charge in [0.15, 0.2) is 16.8 Å². The van der Waals surface area contributed by atoms with Crippen LogP contribution in [0.1, 0.15) is 10.4 Å². The van der Waals surface area contributed by atoms with Gasteiger partial charge in [0.2, 0.25) is 0 Å². The molecular formula is C23H19BrN4O3S. The molecule has 0 aliphatic carbocycles. The summed E-state index contributed by atoms with van der Waals surface area (Å²) in [6, 6.07) is 17.0. The predicted molar refractivity (Wildman–Crippen MR) is 127 cm³/mol. The van der Waals surface area contributed by atoms with Gasteiger partial charge in [-0.05, 0) is 46.3 Å². The largest absolute Gasteiger partial charge is 0.496 e. The number of ether oxygens (including phenoxy) is 2. The summed E-state index contributed by atoms with van der Waals surface area (Å²) in [5, 5.41) is 9.37. The fourth-order valence-corrected chi connectivity index (χ4v) is 4.49. The maximum absolute atomic E-state index is 13.0. The van der Waals surface area contributed by atoms with E-state index in [9.17, 15) is 4.79 Å². The van der Waals surface area contributed by atoms with E-state index in [1.807, 2.05) is 47.0 Å². The highest BCUT2D eigenvalue weighted by atomic mass is 79.9. The topological polar surface area (TPSA) is 79.1 Å². The van der Waals surface area contributed by atoms with Crippen LogP contribution < -0.4 is 9.47 Å². The fourth-order valence-electron chi connectivity index (χ4n) is 3.15. The minimum absolute atomic E-state index is 0.0942. The Bertz CT molecular complexity index is 1230. The molecule has 0 radical (unpaired) electrons. The third kappa shape index (κ3) is 4.53. The first kappa shape index (κ1) is 22.0. The van der Waals surface area contributed by atoms with E-state index < -0.39 is 0 Å². The van der Waals surface area contributed by atoms with Crippen LogP contribution in [0.3, 0.4) is 0 Å². The molecule has 32 heavy (non-hydrogen) atoms. The molecule has 0 fully saturated rings. The molecule has 0 unspecified atom stereocenters. The van der Waals surface area contributed by atoms with Gasteiger partial charge >= 0.3 is 0 Å². The molecule has 7 nitrogen and oxygen atoms in total. The molecule has 4 aromatic rings. The lowest BCUT2D eigenvalue weighted by Gasteiger charge is -2.12. The fraction of sp³-hybridized carbons (Fsp3) is 0.130. The molecule has 0 spiro atoms. The number of carbonyl (C=O) groups excluding carboxylic acids is 1. The first-order chi connectivity index (χ1) is 15.6. The number of carbonyl (C=O) groups is 1. The number of aromatic nitrogens is 4. The van der Waals surface area contributed by atoms with E-state index in [-0.39, 0.29) is 11.5 Å². The maximum Gasteiger partial charge on any atom is 0.196 e. The number of halogens is 1. The highest BCUT2D eigenvalue weighted by molar-refractivity contribution is 9.10. The third-order valence-electron chi connectivity index (χ3n) is 4.69. The SMILES string of the molecule is COc1cc(OC)c(C(=O)CSc2nnc(-c3ccncc3)n2-c2ccccc2)cc1Br. The van der Waals surface area contributed by atoms with Crippen LogP contribution in [0.2, 0.25) is 0 Å². The molecule has 2 aromatic heterocycles. The van der Waals surface area contributed by atoms with E-state index in [2.05, 4.69) is 31.1 Å². The number of pyridine rings is 1. The first-order valence-corrected chi connectivity index (χ1v) is 11.4. The van der Waals surface area contributed by atoms with Crippen molar-refractivity contribution in [3.05, 3.63) is 77.0 Å². The summed E-state index contributed by atoms with van der Waals surface area (Å²) >= 11 is 4.75. The van der Waals surface area contributed by atoms with Gasteiger partial charge in [0.25, 0.3) is 0 Å². The molecule has 0 amide bonds. The highest BCUT2D eigenvalue weighted by Gasteiger charge is 2.20. The highest BCUT2D eigenvalue weighted by Crippen LogP contribution is 2.34. The van der Waals surface area contributed by atoms with Gasteiger partial charge in [-0.25, -0.2) is 0 Å². The lowest BCUT2D eigenvalue weighted by atomic mass is 10.1. The van der Waals surface area contributed by atoms with Crippen molar-refractivity contribution in [1.82, 2.24) is 19.7 Å². The molecule has 0 saturated carbocycles. The van der Waals surface area contributed by atoms with E-state index in [4.69, 9.17) is 9.47 Å². The number of thioether (sulfide) groups is 1. The normalized spacial score (nSPS) is 10.7. The van der Waals surface area contributed by atoms with Gasteiger partial charge in [-0.2, -0.15) is 0 Å². The van der Waals surface area contributed by atoms with E-state index in [0.717, 1.165) is 11.3 Å². The average molecular weight is 511 g/mol. The quantitative estimate of drug-likeness (QED) is 0.241. The van der Waals surface area contributed by atoms with Gasteiger partial charge in [0, 0.05) is 29.7 Å². The Balaban J connectivity index is 1.65. The Labute approximate surface area is 197 Å². The van der Waals surface area contributed by atoms with Gasteiger partial charge in [0.1, 0.15) is 11.5 Å². The number of hydrogen-bond acceptors (Lipinski definition) is 7. The number of ketones is 1. The van der Waals surface area contributed by atoms with Crippen LogP contribution in [0, 0.1) is 0 Å². The van der Waals surface area contributed by atoms with Crippen LogP contribution in [0.25, 0.3) is 17.1 Å². The van der Waals surface area contributed by atoms with Crippen molar-refractivity contribution >= 4 is 33.5 Å². The maximum atomic E-state index is 13.0. The zero-order valence-corrected chi connectivity index (χ0v) is 19.8. The molecule has 2 aromatic carbocycles. The molecule has 4 rings (SSSR count). The smallest absolute Gasteiger partial charge is 0.196 e. The minimum atomic E-state index is -0.0942. The molecular weight excluding hydrogens is 492 g/mol. The number of para-hydroxylation sites is 1. The Kier molecular flexibility index (Phi) is 6.87.